The molecule has 1 aliphatic rings. The summed E-state index contributed by atoms with van der Waals surface area (Å²) in [7, 11) is 0. The quantitative estimate of drug-likeness (QED) is 0.759. The van der Waals surface area contributed by atoms with E-state index >= 15 is 0 Å². The van der Waals surface area contributed by atoms with Crippen molar-refractivity contribution in [3.8, 4) is 0 Å². The zero-order chi connectivity index (χ0) is 13.7. The molecule has 0 aliphatic heterocycles. The maximum absolute atomic E-state index is 13.1. The van der Waals surface area contributed by atoms with Gasteiger partial charge in [0.15, 0.2) is 0 Å². The van der Waals surface area contributed by atoms with Crippen molar-refractivity contribution in [1.82, 2.24) is 4.90 Å². The third-order valence-electron chi connectivity index (χ3n) is 3.66. The van der Waals surface area contributed by atoms with Crippen LogP contribution in [0.15, 0.2) is 24.3 Å². The Morgan fingerprint density at radius 3 is 2.74 bits per heavy atom. The number of rotatable bonds is 5. The maximum atomic E-state index is 13.1. The Hall–Kier alpha value is -1.09. The molecule has 0 bridgehead atoms. The van der Waals surface area contributed by atoms with Gasteiger partial charge in [-0.1, -0.05) is 25.0 Å². The summed E-state index contributed by atoms with van der Waals surface area (Å²) in [6, 6.07) is 6.56. The van der Waals surface area contributed by atoms with Crippen molar-refractivity contribution in [2.24, 2.45) is 0 Å². The number of hydrogen-bond acceptors (Lipinski definition) is 1. The van der Waals surface area contributed by atoms with Crippen molar-refractivity contribution in [2.75, 3.05) is 12.4 Å². The minimum atomic E-state index is -0.296. The minimum Gasteiger partial charge on any atom is -0.338 e. The second-order valence-electron chi connectivity index (χ2n) is 5.02. The molecule has 0 radical (unpaired) electrons. The van der Waals surface area contributed by atoms with Crippen LogP contribution in [0.25, 0.3) is 0 Å². The van der Waals surface area contributed by atoms with Gasteiger partial charge in [-0.25, -0.2) is 4.39 Å². The fourth-order valence-electron chi connectivity index (χ4n) is 2.74. The van der Waals surface area contributed by atoms with Crippen LogP contribution in [-0.4, -0.2) is 29.3 Å². The van der Waals surface area contributed by atoms with E-state index in [0.717, 1.165) is 18.4 Å². The molecule has 1 aliphatic carbocycles. The highest BCUT2D eigenvalue weighted by atomic mass is 35.5. The van der Waals surface area contributed by atoms with Crippen LogP contribution < -0.4 is 0 Å². The lowest BCUT2D eigenvalue weighted by Crippen LogP contribution is -2.41. The summed E-state index contributed by atoms with van der Waals surface area (Å²) < 4.78 is 13.1. The zero-order valence-corrected chi connectivity index (χ0v) is 11.7. The van der Waals surface area contributed by atoms with E-state index in [9.17, 15) is 9.18 Å². The molecule has 0 N–H and O–H groups in total. The van der Waals surface area contributed by atoms with E-state index in [1.54, 1.807) is 12.1 Å². The number of carbonyl (C=O) groups excluding carboxylic acids is 1. The van der Waals surface area contributed by atoms with Gasteiger partial charge in [-0.2, -0.15) is 0 Å². The molecule has 2 rings (SSSR count). The van der Waals surface area contributed by atoms with Gasteiger partial charge >= 0.3 is 0 Å². The highest BCUT2D eigenvalue weighted by Gasteiger charge is 2.26. The molecular weight excluding hydrogens is 265 g/mol. The lowest BCUT2D eigenvalue weighted by atomic mass is 10.1. The van der Waals surface area contributed by atoms with Gasteiger partial charge in [0.2, 0.25) is 5.91 Å². The van der Waals surface area contributed by atoms with E-state index in [0.29, 0.717) is 18.5 Å². The van der Waals surface area contributed by atoms with Gasteiger partial charge in [0.1, 0.15) is 5.82 Å². The Bertz CT molecular complexity index is 432. The molecule has 0 heterocycles. The summed E-state index contributed by atoms with van der Waals surface area (Å²) in [5.41, 5.74) is 0.725. The number of hydrogen-bond donors (Lipinski definition) is 0. The van der Waals surface area contributed by atoms with Crippen molar-refractivity contribution in [3.05, 3.63) is 35.6 Å². The largest absolute Gasteiger partial charge is 0.338 e. The zero-order valence-electron chi connectivity index (χ0n) is 10.9. The first-order valence-electron chi connectivity index (χ1n) is 6.80. The van der Waals surface area contributed by atoms with E-state index in [1.807, 2.05) is 4.90 Å². The Morgan fingerprint density at radius 1 is 1.37 bits per heavy atom. The molecular formula is C15H19ClFNO. The van der Waals surface area contributed by atoms with Crippen molar-refractivity contribution in [2.45, 2.75) is 38.1 Å². The first-order chi connectivity index (χ1) is 9.20. The molecule has 0 unspecified atom stereocenters. The average Bonchev–Trinajstić information content (AvgIpc) is 2.89. The monoisotopic (exact) mass is 283 g/mol. The third kappa shape index (κ3) is 3.93. The summed E-state index contributed by atoms with van der Waals surface area (Å²) in [6.45, 7) is 0.584. The predicted molar refractivity (Wildman–Crippen MR) is 74.8 cm³/mol. The molecule has 4 heteroatoms. The molecule has 1 aromatic carbocycles. The average molecular weight is 284 g/mol. The van der Waals surface area contributed by atoms with Gasteiger partial charge in [0, 0.05) is 18.5 Å². The van der Waals surface area contributed by atoms with E-state index in [4.69, 9.17) is 11.6 Å². The van der Waals surface area contributed by atoms with E-state index in [-0.39, 0.29) is 18.1 Å². The molecule has 1 fully saturated rings. The highest BCUT2D eigenvalue weighted by Crippen LogP contribution is 2.24. The van der Waals surface area contributed by atoms with Gasteiger partial charge in [0.05, 0.1) is 6.42 Å². The van der Waals surface area contributed by atoms with Gasteiger partial charge in [0.25, 0.3) is 0 Å². The summed E-state index contributed by atoms with van der Waals surface area (Å²) in [6.07, 6.45) is 4.73. The first-order valence-corrected chi connectivity index (χ1v) is 7.34. The molecule has 19 heavy (non-hydrogen) atoms. The van der Waals surface area contributed by atoms with Crippen molar-refractivity contribution in [3.63, 3.8) is 0 Å². The minimum absolute atomic E-state index is 0.0538. The van der Waals surface area contributed by atoms with Crippen molar-refractivity contribution >= 4 is 17.5 Å². The molecule has 0 spiro atoms. The Labute approximate surface area is 118 Å². The number of alkyl halides is 1. The van der Waals surface area contributed by atoms with Crippen LogP contribution in [0.4, 0.5) is 4.39 Å². The molecule has 1 amide bonds. The standard InChI is InChI=1S/C15H19ClFNO/c16-8-9-18(14-6-1-2-7-14)15(19)11-12-4-3-5-13(17)10-12/h3-5,10,14H,1-2,6-9,11H2. The first kappa shape index (κ1) is 14.3. The van der Waals surface area contributed by atoms with Crippen LogP contribution in [0.3, 0.4) is 0 Å². The van der Waals surface area contributed by atoms with E-state index in [1.165, 1.54) is 25.0 Å². The third-order valence-corrected chi connectivity index (χ3v) is 3.82. The number of benzene rings is 1. The molecule has 0 atom stereocenters. The maximum Gasteiger partial charge on any atom is 0.227 e. The van der Waals surface area contributed by atoms with Crippen molar-refractivity contribution < 1.29 is 9.18 Å². The second-order valence-corrected chi connectivity index (χ2v) is 5.40. The normalized spacial score (nSPS) is 15.7. The van der Waals surface area contributed by atoms with Gasteiger partial charge < -0.3 is 4.90 Å². The summed E-state index contributed by atoms with van der Waals surface area (Å²) in [4.78, 5) is 14.2. The molecule has 1 aromatic rings. The number of halogens is 2. The number of nitrogens with zero attached hydrogens (tertiary/aromatic N) is 1. The Morgan fingerprint density at radius 2 is 2.11 bits per heavy atom. The summed E-state index contributed by atoms with van der Waals surface area (Å²) in [5, 5.41) is 0. The summed E-state index contributed by atoms with van der Waals surface area (Å²) >= 11 is 5.79. The Balaban J connectivity index is 2.02. The fraction of sp³-hybridized carbons (Fsp3) is 0.533. The highest BCUT2D eigenvalue weighted by molar-refractivity contribution is 6.18. The van der Waals surface area contributed by atoms with Gasteiger partial charge in [-0.05, 0) is 30.5 Å². The SMILES string of the molecule is O=C(Cc1cccc(F)c1)N(CCCl)C1CCCC1. The molecule has 0 aromatic heterocycles. The van der Waals surface area contributed by atoms with Crippen LogP contribution in [0.1, 0.15) is 31.2 Å². The lowest BCUT2D eigenvalue weighted by Gasteiger charge is -2.28. The smallest absolute Gasteiger partial charge is 0.227 e. The second kappa shape index (κ2) is 6.90. The molecule has 0 saturated heterocycles. The van der Waals surface area contributed by atoms with Crippen LogP contribution in [0.2, 0.25) is 0 Å². The summed E-state index contributed by atoms with van der Waals surface area (Å²) in [5.74, 6) is 0.207. The topological polar surface area (TPSA) is 20.3 Å². The van der Waals surface area contributed by atoms with Crippen LogP contribution in [0, 0.1) is 5.82 Å². The Kier molecular flexibility index (Phi) is 5.20. The fourth-order valence-corrected chi connectivity index (χ4v) is 2.92. The van der Waals surface area contributed by atoms with Crippen LogP contribution >= 0.6 is 11.6 Å². The predicted octanol–water partition coefficient (Wildman–Crippen LogP) is 3.38. The van der Waals surface area contributed by atoms with Crippen LogP contribution in [-0.2, 0) is 11.2 Å². The van der Waals surface area contributed by atoms with Gasteiger partial charge in [-0.15, -0.1) is 11.6 Å². The number of carbonyl (C=O) groups is 1. The van der Waals surface area contributed by atoms with Crippen molar-refractivity contribution in [1.29, 1.82) is 0 Å². The molecule has 104 valence electrons. The van der Waals surface area contributed by atoms with E-state index < -0.39 is 0 Å². The number of amides is 1. The van der Waals surface area contributed by atoms with Gasteiger partial charge in [-0.3, -0.25) is 4.79 Å². The lowest BCUT2D eigenvalue weighted by molar-refractivity contribution is -0.132. The molecule has 1 saturated carbocycles. The molecule has 2 nitrogen and oxygen atoms in total. The van der Waals surface area contributed by atoms with E-state index in [2.05, 4.69) is 0 Å². The van der Waals surface area contributed by atoms with Crippen LogP contribution in [0.5, 0.6) is 0 Å².